The summed E-state index contributed by atoms with van der Waals surface area (Å²) in [6.45, 7) is 8.19. The first-order chi connectivity index (χ1) is 22.3. The largest absolute Gasteiger partial charge is 0.510 e. The van der Waals surface area contributed by atoms with Gasteiger partial charge in [-0.2, -0.15) is 0 Å². The van der Waals surface area contributed by atoms with Gasteiger partial charge in [0.05, 0.1) is 6.61 Å². The molecule has 2 unspecified atom stereocenters. The number of ether oxygens (including phenoxy) is 5. The van der Waals surface area contributed by atoms with Gasteiger partial charge in [-0.1, -0.05) is 102 Å². The minimum absolute atomic E-state index is 0.0861. The Morgan fingerprint density at radius 1 is 0.787 bits per heavy atom. The molecule has 2 aromatic rings. The standard InChI is InChI=1S/C32H46N3O11P/c1-7-8-19-40-27(36)20-35(6)30(33)34-47(39,45-28(23(2)3)43-31(37)41-21-25-15-11-9-12-16-25)46-29(24(4)5)44-32(38)42-22-26-17-13-10-14-18-26/h9-18,23-24,28-29H,7-8,19-22H2,1-6H3,(H2,33,34,39). The van der Waals surface area contributed by atoms with Crippen molar-refractivity contribution in [3.63, 3.8) is 0 Å². The number of hydrogen-bond acceptors (Lipinski definition) is 11. The molecule has 0 saturated heterocycles. The molecule has 14 nitrogen and oxygen atoms in total. The van der Waals surface area contributed by atoms with Gasteiger partial charge in [0.25, 0.3) is 0 Å². The van der Waals surface area contributed by atoms with Crippen LogP contribution in [0.4, 0.5) is 9.59 Å². The summed E-state index contributed by atoms with van der Waals surface area (Å²) >= 11 is 0. The van der Waals surface area contributed by atoms with Crippen molar-refractivity contribution in [3.05, 3.63) is 71.8 Å². The summed E-state index contributed by atoms with van der Waals surface area (Å²) in [4.78, 5) is 38.6. The van der Waals surface area contributed by atoms with E-state index in [0.29, 0.717) is 17.5 Å². The van der Waals surface area contributed by atoms with Crippen molar-refractivity contribution < 1.29 is 51.7 Å². The summed E-state index contributed by atoms with van der Waals surface area (Å²) in [6, 6.07) is 17.8. The number of benzene rings is 2. The van der Waals surface area contributed by atoms with E-state index >= 15 is 0 Å². The number of hydrogen-bond donors (Lipinski definition) is 1. The van der Waals surface area contributed by atoms with Crippen molar-refractivity contribution in [1.82, 2.24) is 4.90 Å². The number of carbonyl (C=O) groups excluding carboxylic acids is 3. The Balaban J connectivity index is 2.26. The second kappa shape index (κ2) is 20.2. The van der Waals surface area contributed by atoms with E-state index in [0.717, 1.165) is 6.42 Å². The van der Waals surface area contributed by atoms with Crippen molar-refractivity contribution in [3.8, 4) is 0 Å². The van der Waals surface area contributed by atoms with Gasteiger partial charge in [0, 0.05) is 18.9 Å². The van der Waals surface area contributed by atoms with Gasteiger partial charge >= 0.3 is 26.0 Å². The van der Waals surface area contributed by atoms with E-state index in [4.69, 9.17) is 38.5 Å². The molecule has 15 heteroatoms. The maximum atomic E-state index is 14.3. The third kappa shape index (κ3) is 15.3. The first-order valence-electron chi connectivity index (χ1n) is 15.3. The van der Waals surface area contributed by atoms with E-state index in [1.165, 1.54) is 11.9 Å². The van der Waals surface area contributed by atoms with Crippen LogP contribution in [0, 0.1) is 11.8 Å². The summed E-state index contributed by atoms with van der Waals surface area (Å²) in [5.41, 5.74) is 7.53. The molecule has 0 aliphatic carbocycles. The van der Waals surface area contributed by atoms with E-state index in [1.807, 2.05) is 19.1 Å². The fourth-order valence-electron chi connectivity index (χ4n) is 3.44. The van der Waals surface area contributed by atoms with Crippen LogP contribution >= 0.6 is 7.75 Å². The van der Waals surface area contributed by atoms with Crippen LogP contribution in [0.2, 0.25) is 0 Å². The molecule has 0 radical (unpaired) electrons. The zero-order chi connectivity index (χ0) is 34.8. The molecule has 2 N–H and O–H groups in total. The fourth-order valence-corrected chi connectivity index (χ4v) is 5.08. The highest BCUT2D eigenvalue weighted by Gasteiger charge is 2.39. The van der Waals surface area contributed by atoms with E-state index in [-0.39, 0.29) is 26.4 Å². The summed E-state index contributed by atoms with van der Waals surface area (Å²) in [5, 5.41) is 0. The number of rotatable bonds is 18. The highest BCUT2D eigenvalue weighted by atomic mass is 31.2. The van der Waals surface area contributed by atoms with E-state index in [1.54, 1.807) is 76.2 Å². The molecule has 0 aromatic heterocycles. The van der Waals surface area contributed by atoms with Crippen LogP contribution in [0.1, 0.15) is 58.6 Å². The Kier molecular flexibility index (Phi) is 16.8. The molecule has 0 saturated carbocycles. The second-order valence-corrected chi connectivity index (χ2v) is 12.6. The number of unbranched alkanes of at least 4 members (excludes halogenated alkanes) is 1. The van der Waals surface area contributed by atoms with Gasteiger partial charge in [-0.25, -0.2) is 23.2 Å². The van der Waals surface area contributed by atoms with Crippen molar-refractivity contribution in [1.29, 1.82) is 0 Å². The lowest BCUT2D eigenvalue weighted by molar-refractivity contribution is -0.144. The van der Waals surface area contributed by atoms with Gasteiger partial charge in [-0.15, -0.1) is 4.76 Å². The van der Waals surface area contributed by atoms with E-state index in [9.17, 15) is 18.9 Å². The topological polar surface area (TPSA) is 175 Å². The smallest absolute Gasteiger partial charge is 0.464 e. The number of carbonyl (C=O) groups is 3. The summed E-state index contributed by atoms with van der Waals surface area (Å²) in [6.07, 6.45) is -3.72. The predicted octanol–water partition coefficient (Wildman–Crippen LogP) is 6.39. The molecule has 0 fully saturated rings. The van der Waals surface area contributed by atoms with E-state index in [2.05, 4.69) is 4.76 Å². The molecule has 0 spiro atoms. The first-order valence-corrected chi connectivity index (χ1v) is 16.7. The van der Waals surface area contributed by atoms with Crippen LogP contribution in [0.25, 0.3) is 0 Å². The highest BCUT2D eigenvalue weighted by molar-refractivity contribution is 7.52. The minimum Gasteiger partial charge on any atom is -0.464 e. The molecule has 0 heterocycles. The molecule has 260 valence electrons. The maximum Gasteiger partial charge on any atom is 0.510 e. The average molecular weight is 680 g/mol. The van der Waals surface area contributed by atoms with Crippen molar-refractivity contribution in [2.45, 2.75) is 73.3 Å². The molecule has 47 heavy (non-hydrogen) atoms. The Morgan fingerprint density at radius 2 is 1.23 bits per heavy atom. The minimum atomic E-state index is -4.78. The lowest BCUT2D eigenvalue weighted by Crippen LogP contribution is -2.38. The molecule has 0 amide bonds. The number of nitrogens with two attached hydrogens (primary N) is 1. The maximum absolute atomic E-state index is 14.3. The number of guanidine groups is 1. The molecular formula is C32H46N3O11P. The summed E-state index contributed by atoms with van der Waals surface area (Å²) in [7, 11) is -3.37. The third-order valence-corrected chi connectivity index (χ3v) is 7.53. The van der Waals surface area contributed by atoms with Crippen molar-refractivity contribution in [2.24, 2.45) is 22.3 Å². The van der Waals surface area contributed by atoms with Crippen LogP contribution in [0.15, 0.2) is 65.4 Å². The third-order valence-electron chi connectivity index (χ3n) is 6.13. The fraction of sp³-hybridized carbons (Fsp3) is 0.500. The van der Waals surface area contributed by atoms with Crippen LogP contribution < -0.4 is 5.73 Å². The van der Waals surface area contributed by atoms with Crippen LogP contribution in [-0.2, 0) is 55.3 Å². The molecule has 0 bridgehead atoms. The first kappa shape index (κ1) is 39.1. The monoisotopic (exact) mass is 679 g/mol. The SMILES string of the molecule is CCCCOC(=O)CN(C)/C(N)=N/P(=O)(OC(OC(=O)OCc1ccccc1)C(C)C)OC(OC(=O)OCc1ccccc1)C(C)C. The van der Waals surface area contributed by atoms with Gasteiger partial charge in [-0.3, -0.25) is 4.79 Å². The zero-order valence-corrected chi connectivity index (χ0v) is 28.6. The number of esters is 1. The molecule has 0 aliphatic rings. The summed E-state index contributed by atoms with van der Waals surface area (Å²) < 4.78 is 55.8. The van der Waals surface area contributed by atoms with Crippen molar-refractivity contribution >= 4 is 32.0 Å². The Hall–Kier alpha value is -4.13. The van der Waals surface area contributed by atoms with Crippen LogP contribution in [-0.4, -0.2) is 61.9 Å². The molecule has 2 atom stereocenters. The highest BCUT2D eigenvalue weighted by Crippen LogP contribution is 2.54. The quantitative estimate of drug-likeness (QED) is 0.0349. The van der Waals surface area contributed by atoms with Gasteiger partial charge in [0.1, 0.15) is 19.8 Å². The zero-order valence-electron chi connectivity index (χ0n) is 27.7. The molecule has 0 aliphatic heterocycles. The Bertz CT molecular complexity index is 1250. The van der Waals surface area contributed by atoms with Gasteiger partial charge in [0.2, 0.25) is 18.5 Å². The number of nitrogens with zero attached hydrogens (tertiary/aromatic N) is 2. The van der Waals surface area contributed by atoms with Gasteiger partial charge in [-0.05, 0) is 17.5 Å². The Labute approximate surface area is 276 Å². The summed E-state index contributed by atoms with van der Waals surface area (Å²) in [5.74, 6) is -2.20. The second-order valence-electron chi connectivity index (χ2n) is 11.1. The molecule has 2 rings (SSSR count). The Morgan fingerprint density at radius 3 is 1.64 bits per heavy atom. The predicted molar refractivity (Wildman–Crippen MR) is 173 cm³/mol. The van der Waals surface area contributed by atoms with Crippen LogP contribution in [0.5, 0.6) is 0 Å². The van der Waals surface area contributed by atoms with Crippen molar-refractivity contribution in [2.75, 3.05) is 20.2 Å². The van der Waals surface area contributed by atoms with Crippen LogP contribution in [0.3, 0.4) is 0 Å². The average Bonchev–Trinajstić information content (AvgIpc) is 3.03. The molecule has 2 aromatic carbocycles. The van der Waals surface area contributed by atoms with E-state index < -0.39 is 56.4 Å². The molecular weight excluding hydrogens is 633 g/mol. The lowest BCUT2D eigenvalue weighted by atomic mass is 10.2. The van der Waals surface area contributed by atoms with Gasteiger partial charge in [0.15, 0.2) is 0 Å². The number of likely N-dealkylation sites (N-methyl/N-ethyl adjacent to an activating group) is 1. The lowest BCUT2D eigenvalue weighted by Gasteiger charge is -2.28. The van der Waals surface area contributed by atoms with Gasteiger partial charge < -0.3 is 34.3 Å². The normalized spacial score (nSPS) is 14.1.